The number of thiophene rings is 1. The van der Waals surface area contributed by atoms with E-state index in [0.717, 1.165) is 27.0 Å². The summed E-state index contributed by atoms with van der Waals surface area (Å²) in [5.74, 6) is 8.29. The van der Waals surface area contributed by atoms with Crippen LogP contribution in [0.1, 0.15) is 21.8 Å². The molecule has 0 unspecified atom stereocenters. The highest BCUT2D eigenvalue weighted by molar-refractivity contribution is 7.98. The first kappa shape index (κ1) is 17.1. The summed E-state index contributed by atoms with van der Waals surface area (Å²) in [6, 6.07) is 9.93. The Morgan fingerprint density at radius 3 is 2.62 bits per heavy atom. The minimum absolute atomic E-state index is 0.278. The number of aromatic nitrogens is 3. The van der Waals surface area contributed by atoms with Crippen LogP contribution in [0.25, 0.3) is 0 Å². The summed E-state index contributed by atoms with van der Waals surface area (Å²) in [6.45, 7) is 4.31. The van der Waals surface area contributed by atoms with Crippen LogP contribution in [0.2, 0.25) is 4.34 Å². The number of ether oxygens (including phenoxy) is 1. The van der Waals surface area contributed by atoms with Crippen molar-refractivity contribution in [1.29, 1.82) is 0 Å². The van der Waals surface area contributed by atoms with E-state index >= 15 is 0 Å². The van der Waals surface area contributed by atoms with Crippen molar-refractivity contribution < 1.29 is 4.74 Å². The molecule has 126 valence electrons. The molecule has 1 aromatic carbocycles. The van der Waals surface area contributed by atoms with Gasteiger partial charge in [0.15, 0.2) is 5.82 Å². The number of hydrogen-bond donors (Lipinski definition) is 1. The maximum atomic E-state index is 6.08. The standard InChI is InChI=1S/C16H17ClN4OS2/c1-10-4-3-5-11(2)15(10)22-8-14-19-20-16(21(14)18)23-9-12-6-7-13(17)24-12/h3-7H,8-9,18H2,1-2H3. The largest absolute Gasteiger partial charge is 0.485 e. The Kier molecular flexibility index (Phi) is 5.33. The molecule has 0 aliphatic heterocycles. The van der Waals surface area contributed by atoms with Crippen LogP contribution in [-0.4, -0.2) is 14.9 Å². The van der Waals surface area contributed by atoms with Crippen LogP contribution in [0.15, 0.2) is 35.5 Å². The molecule has 0 amide bonds. The number of aryl methyl sites for hydroxylation is 2. The maximum Gasteiger partial charge on any atom is 0.210 e. The van der Waals surface area contributed by atoms with Crippen molar-refractivity contribution in [3.05, 3.63) is 56.5 Å². The number of nitrogens with two attached hydrogens (primary N) is 1. The van der Waals surface area contributed by atoms with Crippen molar-refractivity contribution in [3.8, 4) is 5.75 Å². The lowest BCUT2D eigenvalue weighted by Crippen LogP contribution is -2.16. The summed E-state index contributed by atoms with van der Waals surface area (Å²) in [5, 5.41) is 8.92. The van der Waals surface area contributed by atoms with E-state index in [9.17, 15) is 0 Å². The normalized spacial score (nSPS) is 11.0. The van der Waals surface area contributed by atoms with Gasteiger partial charge in [-0.2, -0.15) is 0 Å². The van der Waals surface area contributed by atoms with Gasteiger partial charge in [-0.05, 0) is 37.1 Å². The number of rotatable bonds is 6. The molecule has 0 bridgehead atoms. The molecule has 2 heterocycles. The molecule has 0 fully saturated rings. The smallest absolute Gasteiger partial charge is 0.210 e. The molecule has 0 atom stereocenters. The zero-order valence-corrected chi connectivity index (χ0v) is 15.7. The van der Waals surface area contributed by atoms with Gasteiger partial charge in [0.05, 0.1) is 4.34 Å². The van der Waals surface area contributed by atoms with Crippen LogP contribution in [0, 0.1) is 13.8 Å². The molecule has 2 aromatic heterocycles. The van der Waals surface area contributed by atoms with Gasteiger partial charge in [0.25, 0.3) is 0 Å². The van der Waals surface area contributed by atoms with Gasteiger partial charge in [0, 0.05) is 10.6 Å². The predicted octanol–water partition coefficient (Wildman–Crippen LogP) is 4.19. The average Bonchev–Trinajstić information content (AvgIpc) is 3.11. The molecule has 0 radical (unpaired) electrons. The van der Waals surface area contributed by atoms with Crippen molar-refractivity contribution in [2.45, 2.75) is 31.4 Å². The number of halogens is 1. The number of nitrogen functional groups attached to an aromatic ring is 1. The fourth-order valence-corrected chi connectivity index (χ4v) is 4.24. The zero-order valence-electron chi connectivity index (χ0n) is 13.3. The van der Waals surface area contributed by atoms with E-state index in [0.29, 0.717) is 11.0 Å². The molecule has 2 N–H and O–H groups in total. The zero-order chi connectivity index (χ0) is 17.1. The number of para-hydroxylation sites is 1. The van der Waals surface area contributed by atoms with Crippen molar-refractivity contribution in [2.75, 3.05) is 5.84 Å². The molecule has 8 heteroatoms. The predicted molar refractivity (Wildman–Crippen MR) is 99.3 cm³/mol. The molecule has 5 nitrogen and oxygen atoms in total. The summed E-state index contributed by atoms with van der Waals surface area (Å²) in [5.41, 5.74) is 2.17. The molecule has 0 saturated heterocycles. The van der Waals surface area contributed by atoms with Gasteiger partial charge in [-0.1, -0.05) is 41.6 Å². The quantitative estimate of drug-likeness (QED) is 0.513. The molecule has 24 heavy (non-hydrogen) atoms. The SMILES string of the molecule is Cc1cccc(C)c1OCc1nnc(SCc2ccc(Cl)s2)n1N. The van der Waals surface area contributed by atoms with E-state index in [1.165, 1.54) is 21.3 Å². The van der Waals surface area contributed by atoms with E-state index in [4.69, 9.17) is 22.2 Å². The number of benzene rings is 1. The average molecular weight is 381 g/mol. The third-order valence-corrected chi connectivity index (χ3v) is 5.87. The van der Waals surface area contributed by atoms with Gasteiger partial charge in [0.1, 0.15) is 12.4 Å². The topological polar surface area (TPSA) is 66.0 Å². The molecule has 0 spiro atoms. The van der Waals surface area contributed by atoms with E-state index in [2.05, 4.69) is 10.2 Å². The Hall–Kier alpha value is -1.70. The third-order valence-electron chi connectivity index (χ3n) is 3.46. The Bertz CT molecular complexity index is 826. The Morgan fingerprint density at radius 2 is 1.96 bits per heavy atom. The highest BCUT2D eigenvalue weighted by Crippen LogP contribution is 2.28. The van der Waals surface area contributed by atoms with Crippen molar-refractivity contribution in [1.82, 2.24) is 14.9 Å². The van der Waals surface area contributed by atoms with Crippen molar-refractivity contribution >= 4 is 34.7 Å². The summed E-state index contributed by atoms with van der Waals surface area (Å²) in [6.07, 6.45) is 0. The highest BCUT2D eigenvalue weighted by Gasteiger charge is 2.13. The Balaban J connectivity index is 1.64. The first-order chi connectivity index (χ1) is 11.5. The molecule has 3 rings (SSSR count). The van der Waals surface area contributed by atoms with Gasteiger partial charge >= 0.3 is 0 Å². The molecular formula is C16H17ClN4OS2. The second-order valence-electron chi connectivity index (χ2n) is 5.27. The van der Waals surface area contributed by atoms with Crippen LogP contribution in [0.4, 0.5) is 0 Å². The fourth-order valence-electron chi connectivity index (χ4n) is 2.23. The summed E-state index contributed by atoms with van der Waals surface area (Å²) >= 11 is 9.01. The second-order valence-corrected chi connectivity index (χ2v) is 8.02. The molecule has 0 aliphatic rings. The summed E-state index contributed by atoms with van der Waals surface area (Å²) < 4.78 is 8.15. The number of hydrogen-bond acceptors (Lipinski definition) is 6. The first-order valence-electron chi connectivity index (χ1n) is 7.30. The number of thioether (sulfide) groups is 1. The number of nitrogens with zero attached hydrogens (tertiary/aromatic N) is 3. The first-order valence-corrected chi connectivity index (χ1v) is 9.48. The van der Waals surface area contributed by atoms with Crippen LogP contribution in [0.3, 0.4) is 0 Å². The minimum Gasteiger partial charge on any atom is -0.485 e. The van der Waals surface area contributed by atoms with Crippen molar-refractivity contribution in [3.63, 3.8) is 0 Å². The minimum atomic E-state index is 0.278. The lowest BCUT2D eigenvalue weighted by molar-refractivity contribution is 0.288. The molecule has 3 aromatic rings. The van der Waals surface area contributed by atoms with E-state index < -0.39 is 0 Å². The molecular weight excluding hydrogens is 364 g/mol. The highest BCUT2D eigenvalue weighted by atomic mass is 35.5. The van der Waals surface area contributed by atoms with Gasteiger partial charge in [-0.25, -0.2) is 4.68 Å². The van der Waals surface area contributed by atoms with Crippen molar-refractivity contribution in [2.24, 2.45) is 0 Å². The Morgan fingerprint density at radius 1 is 1.21 bits per heavy atom. The van der Waals surface area contributed by atoms with Crippen LogP contribution in [0.5, 0.6) is 5.75 Å². The summed E-state index contributed by atoms with van der Waals surface area (Å²) in [7, 11) is 0. The van der Waals surface area contributed by atoms with Crippen LogP contribution >= 0.6 is 34.7 Å². The Labute approximate surface area is 153 Å². The van der Waals surface area contributed by atoms with Gasteiger partial charge in [-0.3, -0.25) is 0 Å². The second kappa shape index (κ2) is 7.46. The lowest BCUT2D eigenvalue weighted by atomic mass is 10.1. The summed E-state index contributed by atoms with van der Waals surface area (Å²) in [4.78, 5) is 1.17. The van der Waals surface area contributed by atoms with Gasteiger partial charge in [-0.15, -0.1) is 21.5 Å². The van der Waals surface area contributed by atoms with Gasteiger partial charge < -0.3 is 10.6 Å². The third kappa shape index (κ3) is 3.85. The van der Waals surface area contributed by atoms with Crippen LogP contribution in [-0.2, 0) is 12.4 Å². The van der Waals surface area contributed by atoms with Gasteiger partial charge in [0.2, 0.25) is 5.16 Å². The van der Waals surface area contributed by atoms with Crippen LogP contribution < -0.4 is 10.6 Å². The fraction of sp³-hybridized carbons (Fsp3) is 0.250. The maximum absolute atomic E-state index is 6.08. The van der Waals surface area contributed by atoms with E-state index in [1.54, 1.807) is 11.3 Å². The monoisotopic (exact) mass is 380 g/mol. The molecule has 0 aliphatic carbocycles. The van der Waals surface area contributed by atoms with E-state index in [1.807, 2.05) is 44.2 Å². The molecule has 0 saturated carbocycles. The van der Waals surface area contributed by atoms with E-state index in [-0.39, 0.29) is 6.61 Å². The lowest BCUT2D eigenvalue weighted by Gasteiger charge is -2.11.